The average Bonchev–Trinajstić information content (AvgIpc) is 1.96. The molecule has 0 aliphatic carbocycles. The second-order valence-electron chi connectivity index (χ2n) is 4.59. The molecule has 0 amide bonds. The van der Waals surface area contributed by atoms with E-state index in [0.29, 0.717) is 0 Å². The van der Waals surface area contributed by atoms with Crippen molar-refractivity contribution < 1.29 is 19.1 Å². The summed E-state index contributed by atoms with van der Waals surface area (Å²) in [6.45, 7) is 10.3. The summed E-state index contributed by atoms with van der Waals surface area (Å²) in [6.07, 6.45) is 1.76. The summed E-state index contributed by atoms with van der Waals surface area (Å²) in [5.41, 5.74) is 0. The van der Waals surface area contributed by atoms with Gasteiger partial charge in [-0.2, -0.15) is 0 Å². The van der Waals surface area contributed by atoms with Gasteiger partial charge in [-0.05, 0) is 25.2 Å². The molecule has 4 heteroatoms. The molecular formula is C12H17O4. The fourth-order valence-corrected chi connectivity index (χ4v) is 1.70. The third-order valence-corrected chi connectivity index (χ3v) is 2.27. The molecule has 1 atom stereocenters. The molecular weight excluding hydrogens is 208 g/mol. The van der Waals surface area contributed by atoms with E-state index in [2.05, 4.69) is 6.92 Å². The number of rotatable bonds is 3. The van der Waals surface area contributed by atoms with Crippen molar-refractivity contribution in [3.63, 3.8) is 0 Å². The molecule has 0 N–H and O–H groups in total. The standard InChI is InChI=1S/C12H17O4/c1-7(2)6-8(3)9-10(13)15-12(4,5)16-11(9)14/h6,8-9H,1H2,2-5H3. The maximum Gasteiger partial charge on any atom is 0.323 e. The van der Waals surface area contributed by atoms with E-state index < -0.39 is 23.6 Å². The van der Waals surface area contributed by atoms with Gasteiger partial charge in [0.25, 0.3) is 5.79 Å². The molecule has 0 saturated carbocycles. The minimum Gasteiger partial charge on any atom is -0.422 e. The summed E-state index contributed by atoms with van der Waals surface area (Å²) in [6, 6.07) is 0. The quantitative estimate of drug-likeness (QED) is 0.542. The lowest BCUT2D eigenvalue weighted by Crippen LogP contribution is -2.48. The Morgan fingerprint density at radius 1 is 1.38 bits per heavy atom. The first-order valence-electron chi connectivity index (χ1n) is 5.19. The van der Waals surface area contributed by atoms with Crippen molar-refractivity contribution in [2.45, 2.75) is 33.5 Å². The lowest BCUT2D eigenvalue weighted by molar-refractivity contribution is -0.241. The van der Waals surface area contributed by atoms with Crippen molar-refractivity contribution >= 4 is 11.9 Å². The van der Waals surface area contributed by atoms with Crippen molar-refractivity contribution in [1.29, 1.82) is 0 Å². The summed E-state index contributed by atoms with van der Waals surface area (Å²) in [7, 11) is 0. The molecule has 0 aromatic rings. The van der Waals surface area contributed by atoms with Crippen LogP contribution in [0.25, 0.3) is 0 Å². The van der Waals surface area contributed by atoms with E-state index in [0.717, 1.165) is 5.92 Å². The predicted molar refractivity (Wildman–Crippen MR) is 57.5 cm³/mol. The highest BCUT2D eigenvalue weighted by Crippen LogP contribution is 2.30. The van der Waals surface area contributed by atoms with E-state index >= 15 is 0 Å². The van der Waals surface area contributed by atoms with Gasteiger partial charge in [-0.15, -0.1) is 0 Å². The van der Waals surface area contributed by atoms with Crippen molar-refractivity contribution in [1.82, 2.24) is 0 Å². The van der Waals surface area contributed by atoms with Crippen LogP contribution < -0.4 is 0 Å². The van der Waals surface area contributed by atoms with Gasteiger partial charge < -0.3 is 9.47 Å². The highest BCUT2D eigenvalue weighted by atomic mass is 16.7. The molecule has 1 aliphatic rings. The summed E-state index contributed by atoms with van der Waals surface area (Å²) in [5.74, 6) is -2.58. The molecule has 3 radical (unpaired) electrons. The molecule has 89 valence electrons. The Morgan fingerprint density at radius 2 is 1.81 bits per heavy atom. The van der Waals surface area contributed by atoms with Crippen LogP contribution in [0.4, 0.5) is 0 Å². The number of carbonyl (C=O) groups excluding carboxylic acids is 2. The zero-order chi connectivity index (χ0) is 12.5. The number of hydrogen-bond acceptors (Lipinski definition) is 4. The Bertz CT molecular complexity index is 273. The van der Waals surface area contributed by atoms with E-state index in [1.54, 1.807) is 20.3 Å². The zero-order valence-corrected chi connectivity index (χ0v) is 10.1. The summed E-state index contributed by atoms with van der Waals surface area (Å²) in [4.78, 5) is 23.3. The Hall–Kier alpha value is -1.06. The van der Waals surface area contributed by atoms with Crippen molar-refractivity contribution in [2.24, 2.45) is 11.8 Å². The number of esters is 2. The smallest absolute Gasteiger partial charge is 0.323 e. The molecule has 0 bridgehead atoms. The van der Waals surface area contributed by atoms with Crippen LogP contribution in [0.5, 0.6) is 0 Å². The topological polar surface area (TPSA) is 52.6 Å². The predicted octanol–water partition coefficient (Wildman–Crippen LogP) is 1.71. The van der Waals surface area contributed by atoms with Gasteiger partial charge in [0.2, 0.25) is 0 Å². The molecule has 0 aromatic heterocycles. The number of carbonyl (C=O) groups is 2. The van der Waals surface area contributed by atoms with Gasteiger partial charge in [-0.1, -0.05) is 13.8 Å². The number of hydrogen-bond donors (Lipinski definition) is 0. The second-order valence-corrected chi connectivity index (χ2v) is 4.59. The fraction of sp³-hybridized carbons (Fsp3) is 0.583. The zero-order valence-electron chi connectivity index (χ0n) is 10.1. The van der Waals surface area contributed by atoms with Crippen molar-refractivity contribution in [2.75, 3.05) is 0 Å². The average molecular weight is 225 g/mol. The molecule has 1 aliphatic heterocycles. The molecule has 1 rings (SSSR count). The van der Waals surface area contributed by atoms with Crippen LogP contribution in [-0.2, 0) is 19.1 Å². The highest BCUT2D eigenvalue weighted by molar-refractivity contribution is 5.97. The van der Waals surface area contributed by atoms with E-state index in [1.807, 2.05) is 0 Å². The van der Waals surface area contributed by atoms with Gasteiger partial charge in [0.1, 0.15) is 0 Å². The minimum absolute atomic E-state index is 0.270. The molecule has 1 unspecified atom stereocenters. The Morgan fingerprint density at radius 3 is 2.19 bits per heavy atom. The SMILES string of the molecule is [CH2][C](C)[CH]C(C)C1C(=O)OC(C)(C)OC1=O. The van der Waals surface area contributed by atoms with Gasteiger partial charge in [-0.25, -0.2) is 0 Å². The molecule has 4 nitrogen and oxygen atoms in total. The first-order valence-corrected chi connectivity index (χ1v) is 5.19. The van der Waals surface area contributed by atoms with Crippen LogP contribution in [0.3, 0.4) is 0 Å². The largest absolute Gasteiger partial charge is 0.422 e. The van der Waals surface area contributed by atoms with Crippen LogP contribution in [0, 0.1) is 31.1 Å². The van der Waals surface area contributed by atoms with E-state index in [4.69, 9.17) is 9.47 Å². The second kappa shape index (κ2) is 4.44. The van der Waals surface area contributed by atoms with Crippen molar-refractivity contribution in [3.05, 3.63) is 19.3 Å². The Balaban J connectivity index is 2.74. The monoisotopic (exact) mass is 225 g/mol. The van der Waals surface area contributed by atoms with Crippen LogP contribution >= 0.6 is 0 Å². The van der Waals surface area contributed by atoms with Crippen LogP contribution in [0.15, 0.2) is 0 Å². The van der Waals surface area contributed by atoms with E-state index in [9.17, 15) is 9.59 Å². The van der Waals surface area contributed by atoms with Crippen molar-refractivity contribution in [3.8, 4) is 0 Å². The molecule has 0 aromatic carbocycles. The Labute approximate surface area is 96.3 Å². The fourth-order valence-electron chi connectivity index (χ4n) is 1.70. The Kier molecular flexibility index (Phi) is 3.61. The van der Waals surface area contributed by atoms with E-state index in [1.165, 1.54) is 13.8 Å². The van der Waals surface area contributed by atoms with Gasteiger partial charge in [0, 0.05) is 13.8 Å². The number of cyclic esters (lactones) is 2. The first kappa shape index (κ1) is 13.0. The van der Waals surface area contributed by atoms with Gasteiger partial charge in [0.05, 0.1) is 0 Å². The summed E-state index contributed by atoms with van der Waals surface area (Å²) >= 11 is 0. The van der Waals surface area contributed by atoms with Gasteiger partial charge >= 0.3 is 11.9 Å². The molecule has 16 heavy (non-hydrogen) atoms. The molecule has 1 heterocycles. The lowest BCUT2D eigenvalue weighted by Gasteiger charge is -2.35. The molecule has 1 fully saturated rings. The highest BCUT2D eigenvalue weighted by Gasteiger charge is 2.45. The number of ether oxygens (including phenoxy) is 2. The minimum atomic E-state index is -1.16. The third-order valence-electron chi connectivity index (χ3n) is 2.27. The van der Waals surface area contributed by atoms with Crippen LogP contribution in [-0.4, -0.2) is 17.7 Å². The molecule has 1 saturated heterocycles. The maximum atomic E-state index is 11.7. The summed E-state index contributed by atoms with van der Waals surface area (Å²) in [5, 5.41) is 0. The van der Waals surface area contributed by atoms with Gasteiger partial charge in [-0.3, -0.25) is 9.59 Å². The summed E-state index contributed by atoms with van der Waals surface area (Å²) < 4.78 is 10.1. The van der Waals surface area contributed by atoms with E-state index in [-0.39, 0.29) is 5.92 Å². The molecule has 0 spiro atoms. The maximum absolute atomic E-state index is 11.7. The van der Waals surface area contributed by atoms with Crippen LogP contribution in [0.1, 0.15) is 27.7 Å². The van der Waals surface area contributed by atoms with Gasteiger partial charge in [0.15, 0.2) is 5.92 Å². The van der Waals surface area contributed by atoms with Crippen LogP contribution in [0.2, 0.25) is 0 Å². The normalized spacial score (nSPS) is 22.9. The lowest BCUT2D eigenvalue weighted by atomic mass is 9.86. The third kappa shape index (κ3) is 2.97. The first-order chi connectivity index (χ1) is 7.23.